The standard InChI is InChI=1S/C26H31N3SSi2/c1-4-31(5-2,6-3)29(26-27-22-28-30-26)32(23-16-10-7-11-17-23,24-18-12-8-13-19-24)25-20-14-9-15-21-25/h7-22H,4-6H2,1-3H3. The average Bonchev–Trinajstić information content (AvgIpc) is 3.41. The van der Waals surface area contributed by atoms with E-state index in [9.17, 15) is 0 Å². The van der Waals surface area contributed by atoms with E-state index in [1.165, 1.54) is 33.7 Å². The minimum absolute atomic E-state index is 1.07. The Morgan fingerprint density at radius 3 is 1.38 bits per heavy atom. The summed E-state index contributed by atoms with van der Waals surface area (Å²) in [5, 5.41) is 5.28. The van der Waals surface area contributed by atoms with Gasteiger partial charge in [0, 0.05) is 11.5 Å². The van der Waals surface area contributed by atoms with Gasteiger partial charge >= 0.3 is 0 Å². The number of anilines is 1. The smallest absolute Gasteiger partial charge is 0.246 e. The molecule has 0 radical (unpaired) electrons. The Labute approximate surface area is 198 Å². The van der Waals surface area contributed by atoms with E-state index in [-0.39, 0.29) is 0 Å². The first-order valence-electron chi connectivity index (χ1n) is 11.5. The van der Waals surface area contributed by atoms with Crippen LogP contribution in [0.5, 0.6) is 0 Å². The van der Waals surface area contributed by atoms with Crippen LogP contribution >= 0.6 is 11.5 Å². The molecule has 0 N–H and O–H groups in total. The Morgan fingerprint density at radius 1 is 0.656 bits per heavy atom. The van der Waals surface area contributed by atoms with E-state index in [0.29, 0.717) is 0 Å². The maximum absolute atomic E-state index is 4.87. The lowest BCUT2D eigenvalue weighted by Gasteiger charge is -2.53. The zero-order chi connectivity index (χ0) is 22.4. The molecule has 0 spiro atoms. The first-order valence-corrected chi connectivity index (χ1v) is 16.8. The third-order valence-electron chi connectivity index (χ3n) is 6.90. The van der Waals surface area contributed by atoms with Gasteiger partial charge in [0.1, 0.15) is 14.6 Å². The Bertz CT molecular complexity index is 981. The summed E-state index contributed by atoms with van der Waals surface area (Å²) in [6.07, 6.45) is 1.73. The van der Waals surface area contributed by atoms with Crippen molar-refractivity contribution in [1.82, 2.24) is 9.36 Å². The van der Waals surface area contributed by atoms with Gasteiger partial charge in [0.2, 0.25) is 8.24 Å². The molecule has 32 heavy (non-hydrogen) atoms. The van der Waals surface area contributed by atoms with Gasteiger partial charge < -0.3 is 4.23 Å². The van der Waals surface area contributed by atoms with Gasteiger partial charge in [-0.05, 0) is 33.7 Å². The van der Waals surface area contributed by atoms with Crippen LogP contribution in [0.2, 0.25) is 18.1 Å². The van der Waals surface area contributed by atoms with E-state index < -0.39 is 16.5 Å². The van der Waals surface area contributed by atoms with Gasteiger partial charge in [-0.1, -0.05) is 112 Å². The van der Waals surface area contributed by atoms with Crippen LogP contribution in [0.3, 0.4) is 0 Å². The number of aromatic nitrogens is 2. The number of benzene rings is 3. The Kier molecular flexibility index (Phi) is 7.03. The molecular formula is C26H31N3SSi2. The molecule has 3 nitrogen and oxygen atoms in total. The first kappa shape index (κ1) is 22.6. The van der Waals surface area contributed by atoms with Crippen molar-refractivity contribution in [3.8, 4) is 0 Å². The van der Waals surface area contributed by atoms with E-state index in [2.05, 4.69) is 120 Å². The van der Waals surface area contributed by atoms with Gasteiger partial charge in [0.25, 0.3) is 0 Å². The fourth-order valence-corrected chi connectivity index (χ4v) is 19.2. The van der Waals surface area contributed by atoms with Crippen molar-refractivity contribution in [1.29, 1.82) is 0 Å². The second-order valence-electron chi connectivity index (χ2n) is 8.15. The normalized spacial score (nSPS) is 12.0. The van der Waals surface area contributed by atoms with Crippen LogP contribution in [-0.4, -0.2) is 25.8 Å². The summed E-state index contributed by atoms with van der Waals surface area (Å²) >= 11 is 1.55. The molecule has 0 saturated carbocycles. The fraction of sp³-hybridized carbons (Fsp3) is 0.231. The monoisotopic (exact) mass is 473 g/mol. The van der Waals surface area contributed by atoms with Gasteiger partial charge in [-0.25, -0.2) is 4.98 Å². The van der Waals surface area contributed by atoms with E-state index in [1.54, 1.807) is 17.9 Å². The van der Waals surface area contributed by atoms with Crippen LogP contribution < -0.4 is 19.8 Å². The topological polar surface area (TPSA) is 29.0 Å². The van der Waals surface area contributed by atoms with Crippen LogP contribution in [-0.2, 0) is 0 Å². The second-order valence-corrected chi connectivity index (χ2v) is 18.0. The average molecular weight is 474 g/mol. The number of hydrogen-bond donors (Lipinski definition) is 0. The highest BCUT2D eigenvalue weighted by molar-refractivity contribution is 7.24. The van der Waals surface area contributed by atoms with Crippen LogP contribution in [0, 0.1) is 0 Å². The molecule has 4 rings (SSSR count). The third-order valence-corrected chi connectivity index (χ3v) is 19.8. The van der Waals surface area contributed by atoms with Crippen LogP contribution in [0.4, 0.5) is 5.13 Å². The van der Waals surface area contributed by atoms with Gasteiger partial charge in [0.15, 0.2) is 5.13 Å². The molecule has 4 aromatic rings. The molecule has 0 amide bonds. The summed E-state index contributed by atoms with van der Waals surface area (Å²) in [6, 6.07) is 37.0. The van der Waals surface area contributed by atoms with E-state index in [4.69, 9.17) is 4.98 Å². The molecule has 3 aromatic carbocycles. The molecule has 164 valence electrons. The SMILES string of the molecule is CC[Si](CC)(CC)N(c1ncns1)[Si](c1ccccc1)(c1ccccc1)c1ccccc1. The lowest BCUT2D eigenvalue weighted by Crippen LogP contribution is -2.83. The van der Waals surface area contributed by atoms with Crippen molar-refractivity contribution in [2.75, 3.05) is 4.23 Å². The summed E-state index contributed by atoms with van der Waals surface area (Å²) in [5.41, 5.74) is 0. The predicted octanol–water partition coefficient (Wildman–Crippen LogP) is 5.02. The maximum atomic E-state index is 4.87. The zero-order valence-electron chi connectivity index (χ0n) is 19.1. The van der Waals surface area contributed by atoms with Crippen molar-refractivity contribution in [3.05, 3.63) is 97.3 Å². The van der Waals surface area contributed by atoms with Crippen molar-refractivity contribution in [2.24, 2.45) is 0 Å². The highest BCUT2D eigenvalue weighted by atomic mass is 32.1. The lowest BCUT2D eigenvalue weighted by molar-refractivity contribution is 1.12. The van der Waals surface area contributed by atoms with Gasteiger partial charge in [-0.2, -0.15) is 4.37 Å². The highest BCUT2D eigenvalue weighted by Gasteiger charge is 2.54. The minimum Gasteiger partial charge on any atom is -0.389 e. The molecule has 1 heterocycles. The van der Waals surface area contributed by atoms with Crippen molar-refractivity contribution >= 4 is 48.7 Å². The summed E-state index contributed by atoms with van der Waals surface area (Å²) in [5.74, 6) is 0. The van der Waals surface area contributed by atoms with Gasteiger partial charge in [-0.3, -0.25) is 0 Å². The summed E-state index contributed by atoms with van der Waals surface area (Å²) in [6.45, 7) is 7.15. The Hall–Kier alpha value is -2.55. The second kappa shape index (κ2) is 9.94. The highest BCUT2D eigenvalue weighted by Crippen LogP contribution is 2.35. The van der Waals surface area contributed by atoms with E-state index in [1.807, 2.05) is 0 Å². The molecule has 0 atom stereocenters. The largest absolute Gasteiger partial charge is 0.389 e. The molecule has 0 unspecified atom stereocenters. The van der Waals surface area contributed by atoms with Crippen molar-refractivity contribution in [2.45, 2.75) is 38.9 Å². The quantitative estimate of drug-likeness (QED) is 0.253. The fourth-order valence-electron chi connectivity index (χ4n) is 5.12. The molecule has 6 heteroatoms. The van der Waals surface area contributed by atoms with E-state index in [0.717, 1.165) is 5.13 Å². The number of hydrogen-bond acceptors (Lipinski definition) is 4. The number of nitrogens with zero attached hydrogens (tertiary/aromatic N) is 3. The van der Waals surface area contributed by atoms with Gasteiger partial charge in [0.05, 0.1) is 0 Å². The Morgan fingerprint density at radius 2 is 1.06 bits per heavy atom. The van der Waals surface area contributed by atoms with Gasteiger partial charge in [-0.15, -0.1) is 0 Å². The lowest BCUT2D eigenvalue weighted by atomic mass is 10.3. The van der Waals surface area contributed by atoms with E-state index >= 15 is 0 Å². The molecule has 0 aliphatic carbocycles. The van der Waals surface area contributed by atoms with Crippen LogP contribution in [0.1, 0.15) is 20.8 Å². The minimum atomic E-state index is -2.65. The summed E-state index contributed by atoms with van der Waals surface area (Å²) < 4.78 is 7.35. The molecule has 0 aliphatic heterocycles. The molecule has 0 bridgehead atoms. The predicted molar refractivity (Wildman–Crippen MR) is 144 cm³/mol. The molecule has 1 aromatic heterocycles. The summed E-state index contributed by atoms with van der Waals surface area (Å²) in [4.78, 5) is 4.87. The maximum Gasteiger partial charge on any atom is 0.246 e. The van der Waals surface area contributed by atoms with Crippen molar-refractivity contribution < 1.29 is 0 Å². The van der Waals surface area contributed by atoms with Crippen LogP contribution in [0.25, 0.3) is 0 Å². The van der Waals surface area contributed by atoms with Crippen molar-refractivity contribution in [3.63, 3.8) is 0 Å². The first-order chi connectivity index (χ1) is 15.7. The molecule has 0 saturated heterocycles. The zero-order valence-corrected chi connectivity index (χ0v) is 21.9. The molecule has 0 fully saturated rings. The van der Waals surface area contributed by atoms with Crippen LogP contribution in [0.15, 0.2) is 97.3 Å². The summed E-state index contributed by atoms with van der Waals surface area (Å²) in [7, 11) is -4.59. The molecular weight excluding hydrogens is 443 g/mol. The Balaban J connectivity index is 2.19. The third kappa shape index (κ3) is 3.76. The molecule has 0 aliphatic rings. The number of rotatable bonds is 9.